The predicted molar refractivity (Wildman–Crippen MR) is 77.6 cm³/mol. The van der Waals surface area contributed by atoms with Crippen molar-refractivity contribution < 1.29 is 9.13 Å². The van der Waals surface area contributed by atoms with E-state index in [9.17, 15) is 4.39 Å². The van der Waals surface area contributed by atoms with Gasteiger partial charge in [0.1, 0.15) is 5.82 Å². The van der Waals surface area contributed by atoms with E-state index in [0.29, 0.717) is 5.92 Å². The number of hydrazine groups is 1. The number of thioether (sulfide) groups is 1. The fraction of sp³-hybridized carbons (Fsp3) is 0.643. The van der Waals surface area contributed by atoms with Crippen LogP contribution in [-0.2, 0) is 4.74 Å². The van der Waals surface area contributed by atoms with Gasteiger partial charge in [-0.15, -0.1) is 0 Å². The van der Waals surface area contributed by atoms with Crippen LogP contribution in [0.5, 0.6) is 0 Å². The summed E-state index contributed by atoms with van der Waals surface area (Å²) in [4.78, 5) is 4.18. The van der Waals surface area contributed by atoms with Crippen LogP contribution < -0.4 is 11.3 Å². The van der Waals surface area contributed by atoms with E-state index < -0.39 is 0 Å². The molecule has 0 saturated carbocycles. The van der Waals surface area contributed by atoms with E-state index >= 15 is 0 Å². The van der Waals surface area contributed by atoms with Crippen molar-refractivity contribution in [2.75, 3.05) is 18.1 Å². The molecule has 0 radical (unpaired) electrons. The maximum atomic E-state index is 13.0. The Labute approximate surface area is 122 Å². The molecule has 0 amide bonds. The molecule has 2 fully saturated rings. The van der Waals surface area contributed by atoms with E-state index in [1.54, 1.807) is 6.07 Å². The monoisotopic (exact) mass is 297 g/mol. The molecule has 1 aromatic rings. The zero-order chi connectivity index (χ0) is 14.0. The van der Waals surface area contributed by atoms with Gasteiger partial charge in [0.25, 0.3) is 0 Å². The molecule has 110 valence electrons. The first-order valence-corrected chi connectivity index (χ1v) is 8.17. The van der Waals surface area contributed by atoms with Crippen molar-refractivity contribution >= 4 is 11.8 Å². The van der Waals surface area contributed by atoms with Crippen molar-refractivity contribution in [3.63, 3.8) is 0 Å². The van der Waals surface area contributed by atoms with Gasteiger partial charge in [-0.3, -0.25) is 16.3 Å². The van der Waals surface area contributed by atoms with Crippen LogP contribution >= 0.6 is 11.8 Å². The molecule has 20 heavy (non-hydrogen) atoms. The summed E-state index contributed by atoms with van der Waals surface area (Å²) in [6.07, 6.45) is 4.32. The molecule has 3 N–H and O–H groups in total. The van der Waals surface area contributed by atoms with Crippen LogP contribution in [-0.4, -0.2) is 28.7 Å². The quantitative estimate of drug-likeness (QED) is 0.660. The molecule has 1 spiro atoms. The van der Waals surface area contributed by atoms with Crippen molar-refractivity contribution in [1.82, 2.24) is 10.4 Å². The number of rotatable bonds is 3. The fourth-order valence-electron chi connectivity index (χ4n) is 3.25. The zero-order valence-electron chi connectivity index (χ0n) is 11.3. The summed E-state index contributed by atoms with van der Waals surface area (Å²) in [5.74, 6) is 8.03. The minimum absolute atomic E-state index is 0.0166. The highest BCUT2D eigenvalue weighted by atomic mass is 32.2. The molecule has 1 aromatic heterocycles. The number of nitrogens with two attached hydrogens (primary N) is 1. The van der Waals surface area contributed by atoms with Crippen LogP contribution in [0.2, 0.25) is 0 Å². The molecule has 3 heterocycles. The normalized spacial score (nSPS) is 31.6. The van der Waals surface area contributed by atoms with Crippen LogP contribution in [0.1, 0.15) is 31.0 Å². The molecular weight excluding hydrogens is 277 g/mol. The molecule has 2 aliphatic heterocycles. The molecule has 6 heteroatoms. The standard InChI is InChI=1S/C14H20FN3OS/c15-11-1-2-12(17-8-11)13(18-16)10-3-5-19-14(7-10)4-6-20-9-14/h1-2,8,10,13,18H,3-7,9,16H2. The van der Waals surface area contributed by atoms with Gasteiger partial charge in [-0.25, -0.2) is 4.39 Å². The Balaban J connectivity index is 1.76. The van der Waals surface area contributed by atoms with Gasteiger partial charge in [0.05, 0.1) is 23.5 Å². The Morgan fingerprint density at radius 1 is 1.55 bits per heavy atom. The van der Waals surface area contributed by atoms with Crippen LogP contribution in [0.15, 0.2) is 18.3 Å². The summed E-state index contributed by atoms with van der Waals surface area (Å²) in [6.45, 7) is 0.768. The van der Waals surface area contributed by atoms with E-state index in [4.69, 9.17) is 10.6 Å². The molecule has 4 nitrogen and oxygen atoms in total. The van der Waals surface area contributed by atoms with Crippen molar-refractivity contribution in [2.24, 2.45) is 11.8 Å². The van der Waals surface area contributed by atoms with Gasteiger partial charge >= 0.3 is 0 Å². The third kappa shape index (κ3) is 2.83. The Bertz CT molecular complexity index is 450. The van der Waals surface area contributed by atoms with E-state index in [-0.39, 0.29) is 17.5 Å². The lowest BCUT2D eigenvalue weighted by Gasteiger charge is -2.40. The van der Waals surface area contributed by atoms with Gasteiger partial charge in [0.15, 0.2) is 0 Å². The van der Waals surface area contributed by atoms with E-state index in [1.165, 1.54) is 18.0 Å². The van der Waals surface area contributed by atoms with Crippen molar-refractivity contribution in [3.05, 3.63) is 29.8 Å². The lowest BCUT2D eigenvalue weighted by atomic mass is 9.80. The average Bonchev–Trinajstić information content (AvgIpc) is 2.90. The van der Waals surface area contributed by atoms with Gasteiger partial charge < -0.3 is 4.74 Å². The molecule has 2 aliphatic rings. The summed E-state index contributed by atoms with van der Waals surface area (Å²) in [7, 11) is 0. The number of ether oxygens (including phenoxy) is 1. The molecule has 0 aliphatic carbocycles. The second-order valence-corrected chi connectivity index (χ2v) is 6.74. The van der Waals surface area contributed by atoms with Crippen molar-refractivity contribution in [2.45, 2.75) is 30.9 Å². The van der Waals surface area contributed by atoms with Gasteiger partial charge in [0, 0.05) is 12.4 Å². The van der Waals surface area contributed by atoms with Gasteiger partial charge in [-0.2, -0.15) is 11.8 Å². The molecule has 2 saturated heterocycles. The first-order valence-electron chi connectivity index (χ1n) is 7.02. The third-order valence-corrected chi connectivity index (χ3v) is 5.54. The average molecular weight is 297 g/mol. The maximum Gasteiger partial charge on any atom is 0.141 e. The molecule has 0 aromatic carbocycles. The van der Waals surface area contributed by atoms with Gasteiger partial charge in [-0.1, -0.05) is 0 Å². The van der Waals surface area contributed by atoms with Crippen LogP contribution in [0.3, 0.4) is 0 Å². The summed E-state index contributed by atoms with van der Waals surface area (Å²) < 4.78 is 19.0. The van der Waals surface area contributed by atoms with E-state index in [0.717, 1.165) is 37.3 Å². The molecule has 0 bridgehead atoms. The highest BCUT2D eigenvalue weighted by Crippen LogP contribution is 2.43. The van der Waals surface area contributed by atoms with Crippen LogP contribution in [0.25, 0.3) is 0 Å². The molecule has 3 rings (SSSR count). The minimum atomic E-state index is -0.319. The Morgan fingerprint density at radius 2 is 2.45 bits per heavy atom. The lowest BCUT2D eigenvalue weighted by Crippen LogP contribution is -2.45. The Kier molecular flexibility index (Phi) is 4.26. The zero-order valence-corrected chi connectivity index (χ0v) is 12.2. The SMILES string of the molecule is NNC(c1ccc(F)cn1)C1CCOC2(CCSC2)C1. The smallest absolute Gasteiger partial charge is 0.141 e. The highest BCUT2D eigenvalue weighted by Gasteiger charge is 2.42. The minimum Gasteiger partial charge on any atom is -0.374 e. The van der Waals surface area contributed by atoms with Crippen LogP contribution in [0.4, 0.5) is 4.39 Å². The van der Waals surface area contributed by atoms with Gasteiger partial charge in [0.2, 0.25) is 0 Å². The first kappa shape index (κ1) is 14.3. The highest BCUT2D eigenvalue weighted by molar-refractivity contribution is 7.99. The second-order valence-electron chi connectivity index (χ2n) is 5.63. The first-order chi connectivity index (χ1) is 9.72. The maximum absolute atomic E-state index is 13.0. The predicted octanol–water partition coefficient (Wildman–Crippen LogP) is 2.03. The third-order valence-electron chi connectivity index (χ3n) is 4.32. The van der Waals surface area contributed by atoms with Gasteiger partial charge in [-0.05, 0) is 43.1 Å². The molecule has 3 atom stereocenters. The molecule has 3 unspecified atom stereocenters. The van der Waals surface area contributed by atoms with Crippen molar-refractivity contribution in [3.8, 4) is 0 Å². The summed E-state index contributed by atoms with van der Waals surface area (Å²) in [6, 6.07) is 3.11. The van der Waals surface area contributed by atoms with E-state index in [1.807, 2.05) is 11.8 Å². The number of hydrogen-bond acceptors (Lipinski definition) is 5. The second kappa shape index (κ2) is 5.97. The summed E-state index contributed by atoms with van der Waals surface area (Å²) in [5.41, 5.74) is 3.69. The summed E-state index contributed by atoms with van der Waals surface area (Å²) in [5, 5.41) is 0. The lowest BCUT2D eigenvalue weighted by molar-refractivity contribution is -0.0856. The number of aromatic nitrogens is 1. The molecular formula is C14H20FN3OS. The number of hydrogen-bond donors (Lipinski definition) is 2. The van der Waals surface area contributed by atoms with Crippen molar-refractivity contribution in [1.29, 1.82) is 0 Å². The Hall–Kier alpha value is -0.690. The van der Waals surface area contributed by atoms with E-state index in [2.05, 4.69) is 10.4 Å². The van der Waals surface area contributed by atoms with Crippen LogP contribution in [0, 0.1) is 11.7 Å². The largest absolute Gasteiger partial charge is 0.374 e. The Morgan fingerprint density at radius 3 is 3.10 bits per heavy atom. The summed E-state index contributed by atoms with van der Waals surface area (Å²) >= 11 is 1.96. The number of pyridine rings is 1. The topological polar surface area (TPSA) is 60.2 Å². The number of halogens is 1. The number of nitrogens with zero attached hydrogens (tertiary/aromatic N) is 1. The number of nitrogens with one attached hydrogen (secondary N) is 1. The fourth-order valence-corrected chi connectivity index (χ4v) is 4.63.